The Morgan fingerprint density at radius 3 is 1.81 bits per heavy atom. The topological polar surface area (TPSA) is 90.0 Å². The van der Waals surface area contributed by atoms with Gasteiger partial charge in [0.25, 0.3) is 0 Å². The van der Waals surface area contributed by atoms with Crippen LogP contribution in [0, 0.1) is 12.3 Å². The molecule has 0 radical (unpaired) electrons. The summed E-state index contributed by atoms with van der Waals surface area (Å²) in [6.45, 7) is 16.2. The van der Waals surface area contributed by atoms with Crippen LogP contribution in [0.4, 0.5) is 5.69 Å². The van der Waals surface area contributed by atoms with Crippen LogP contribution in [0.2, 0.25) is 0 Å². The van der Waals surface area contributed by atoms with Crippen molar-refractivity contribution in [1.82, 2.24) is 0 Å². The highest BCUT2D eigenvalue weighted by atomic mass is 32.2. The first-order chi connectivity index (χ1) is 22.4. The van der Waals surface area contributed by atoms with Crippen LogP contribution in [0.25, 0.3) is 0 Å². The van der Waals surface area contributed by atoms with Crippen molar-refractivity contribution in [2.24, 2.45) is 0 Å². The Kier molecular flexibility index (Phi) is 12.8. The van der Waals surface area contributed by atoms with Crippen molar-refractivity contribution in [2.45, 2.75) is 96.8 Å². The molecule has 0 saturated carbocycles. The molecule has 3 aromatic rings. The molecule has 0 unspecified atom stereocenters. The van der Waals surface area contributed by atoms with Crippen molar-refractivity contribution >= 4 is 25.6 Å². The zero-order valence-electron chi connectivity index (χ0n) is 29.9. The molecule has 0 bridgehead atoms. The third kappa shape index (κ3) is 10.0. The number of hydrogen-bond donors (Lipinski definition) is 0. The van der Waals surface area contributed by atoms with Crippen LogP contribution >= 0.6 is 0 Å². The van der Waals surface area contributed by atoms with Crippen molar-refractivity contribution < 1.29 is 25.8 Å². The fourth-order valence-electron chi connectivity index (χ4n) is 5.55. The SMILES string of the molecule is C#Cc1cccc(N(CCS(=O)(=O)Oc2ccc(C(C)(C)c3ccc(OC(C)(CC)CC)cc3)cc2)CCS(=O)(=O)C(C)(C)CCC)c1. The van der Waals surface area contributed by atoms with E-state index >= 15 is 0 Å². The van der Waals surface area contributed by atoms with E-state index in [1.54, 1.807) is 55.1 Å². The van der Waals surface area contributed by atoms with Crippen LogP contribution < -0.4 is 13.8 Å². The van der Waals surface area contributed by atoms with E-state index in [-0.39, 0.29) is 41.4 Å². The first kappa shape index (κ1) is 39.0. The predicted molar refractivity (Wildman–Crippen MR) is 198 cm³/mol. The first-order valence-electron chi connectivity index (χ1n) is 16.8. The highest BCUT2D eigenvalue weighted by Crippen LogP contribution is 2.34. The molecule has 0 heterocycles. The number of hydrogen-bond acceptors (Lipinski definition) is 7. The van der Waals surface area contributed by atoms with Gasteiger partial charge < -0.3 is 13.8 Å². The number of sulfone groups is 1. The molecule has 262 valence electrons. The van der Waals surface area contributed by atoms with Crippen molar-refractivity contribution in [3.05, 3.63) is 89.5 Å². The van der Waals surface area contributed by atoms with Crippen LogP contribution in [0.3, 0.4) is 0 Å². The lowest BCUT2D eigenvalue weighted by Gasteiger charge is -2.30. The van der Waals surface area contributed by atoms with E-state index in [0.717, 1.165) is 36.1 Å². The van der Waals surface area contributed by atoms with Gasteiger partial charge in [-0.3, -0.25) is 0 Å². The van der Waals surface area contributed by atoms with Gasteiger partial charge in [0.15, 0.2) is 9.84 Å². The van der Waals surface area contributed by atoms with Gasteiger partial charge in [-0.2, -0.15) is 8.42 Å². The fourth-order valence-corrected chi connectivity index (χ4v) is 8.01. The van der Waals surface area contributed by atoms with Gasteiger partial charge in [-0.15, -0.1) is 6.42 Å². The molecule has 0 saturated heterocycles. The average molecular weight is 696 g/mol. The average Bonchev–Trinajstić information content (AvgIpc) is 3.05. The Morgan fingerprint density at radius 2 is 1.29 bits per heavy atom. The summed E-state index contributed by atoms with van der Waals surface area (Å²) < 4.78 is 63.6. The highest BCUT2D eigenvalue weighted by Gasteiger charge is 2.33. The van der Waals surface area contributed by atoms with Crippen LogP contribution in [0.15, 0.2) is 72.8 Å². The lowest BCUT2D eigenvalue weighted by atomic mass is 9.78. The van der Waals surface area contributed by atoms with Gasteiger partial charge in [0, 0.05) is 29.8 Å². The molecular formula is C39H53NO6S2. The molecule has 0 fully saturated rings. The Morgan fingerprint density at radius 1 is 0.750 bits per heavy atom. The van der Waals surface area contributed by atoms with Crippen molar-refractivity contribution in [3.63, 3.8) is 0 Å². The zero-order chi connectivity index (χ0) is 35.8. The molecule has 0 amide bonds. The minimum atomic E-state index is -4.01. The van der Waals surface area contributed by atoms with Gasteiger partial charge in [-0.05, 0) is 93.6 Å². The number of terminal acetylenes is 1. The van der Waals surface area contributed by atoms with E-state index in [1.165, 1.54) is 0 Å². The van der Waals surface area contributed by atoms with Crippen LogP contribution in [0.1, 0.15) is 97.8 Å². The lowest BCUT2D eigenvalue weighted by molar-refractivity contribution is 0.0802. The van der Waals surface area contributed by atoms with Crippen LogP contribution in [-0.2, 0) is 25.4 Å². The van der Waals surface area contributed by atoms with E-state index in [0.29, 0.717) is 17.7 Å². The Balaban J connectivity index is 1.73. The summed E-state index contributed by atoms with van der Waals surface area (Å²) in [7, 11) is -7.47. The van der Waals surface area contributed by atoms with Gasteiger partial charge >= 0.3 is 10.1 Å². The maximum Gasteiger partial charge on any atom is 0.310 e. The number of rotatable bonds is 18. The second-order valence-electron chi connectivity index (χ2n) is 13.8. The monoisotopic (exact) mass is 695 g/mol. The van der Waals surface area contributed by atoms with Crippen LogP contribution in [-0.4, -0.2) is 51.8 Å². The minimum absolute atomic E-state index is 0.0283. The second kappa shape index (κ2) is 15.8. The van der Waals surface area contributed by atoms with Gasteiger partial charge in [-0.25, -0.2) is 8.42 Å². The van der Waals surface area contributed by atoms with Crippen molar-refractivity contribution in [3.8, 4) is 23.8 Å². The minimum Gasteiger partial charge on any atom is -0.488 e. The first-order valence-corrected chi connectivity index (χ1v) is 20.0. The molecular weight excluding hydrogens is 643 g/mol. The number of anilines is 1. The lowest BCUT2D eigenvalue weighted by Crippen LogP contribution is -2.40. The molecule has 0 spiro atoms. The molecule has 0 aliphatic heterocycles. The number of benzene rings is 3. The molecule has 9 heteroatoms. The largest absolute Gasteiger partial charge is 0.488 e. The van der Waals surface area contributed by atoms with Crippen LogP contribution in [0.5, 0.6) is 11.5 Å². The third-order valence-electron chi connectivity index (χ3n) is 9.55. The van der Waals surface area contributed by atoms with E-state index in [9.17, 15) is 16.8 Å². The van der Waals surface area contributed by atoms with Gasteiger partial charge in [0.05, 0.1) is 10.5 Å². The Labute approximate surface area is 290 Å². The predicted octanol–water partition coefficient (Wildman–Crippen LogP) is 8.16. The standard InChI is InChI=1S/C39H53NO6S2/c1-10-25-37(5,6)47(41,42)28-26-40(34-16-14-15-31(11-2)30-34)27-29-48(43,44)46-36-23-19-33(20-24-36)38(7,8)32-17-21-35(22-18-32)45-39(9,12-3)13-4/h2,14-24,30H,10,12-13,25-29H2,1,3-9H3. The zero-order valence-corrected chi connectivity index (χ0v) is 31.5. The summed E-state index contributed by atoms with van der Waals surface area (Å²) in [5.74, 6) is 3.16. The fraction of sp³-hybridized carbons (Fsp3) is 0.487. The van der Waals surface area contributed by atoms with Gasteiger partial charge in [0.1, 0.15) is 22.9 Å². The summed E-state index contributed by atoms with van der Waals surface area (Å²) in [6.07, 6.45) is 8.72. The highest BCUT2D eigenvalue weighted by molar-refractivity contribution is 7.92. The molecule has 0 atom stereocenters. The summed E-state index contributed by atoms with van der Waals surface area (Å²) in [5, 5.41) is 0. The van der Waals surface area contributed by atoms with E-state index in [1.807, 2.05) is 31.2 Å². The quantitative estimate of drug-likeness (QED) is 0.0980. The third-order valence-corrected chi connectivity index (χ3v) is 13.3. The summed E-state index contributed by atoms with van der Waals surface area (Å²) in [4.78, 5) is 1.74. The summed E-state index contributed by atoms with van der Waals surface area (Å²) in [5.41, 5.74) is 2.81. The van der Waals surface area contributed by atoms with E-state index in [2.05, 4.69) is 52.7 Å². The maximum absolute atomic E-state index is 13.2. The van der Waals surface area contributed by atoms with E-state index < -0.39 is 24.7 Å². The maximum atomic E-state index is 13.2. The molecule has 3 rings (SSSR count). The summed E-state index contributed by atoms with van der Waals surface area (Å²) in [6, 6.07) is 22.3. The number of nitrogens with zero attached hydrogens (tertiary/aromatic N) is 1. The Hall–Kier alpha value is -3.48. The molecule has 3 aromatic carbocycles. The van der Waals surface area contributed by atoms with Crippen molar-refractivity contribution in [1.29, 1.82) is 0 Å². The summed E-state index contributed by atoms with van der Waals surface area (Å²) >= 11 is 0. The second-order valence-corrected chi connectivity index (χ2v) is 18.2. The molecule has 0 aliphatic rings. The van der Waals surface area contributed by atoms with Gasteiger partial charge in [-0.1, -0.05) is 77.3 Å². The molecule has 0 aliphatic carbocycles. The van der Waals surface area contributed by atoms with E-state index in [4.69, 9.17) is 15.3 Å². The molecule has 48 heavy (non-hydrogen) atoms. The molecule has 7 nitrogen and oxygen atoms in total. The number of ether oxygens (including phenoxy) is 1. The van der Waals surface area contributed by atoms with Crippen molar-refractivity contribution in [2.75, 3.05) is 29.5 Å². The van der Waals surface area contributed by atoms with Gasteiger partial charge in [0.2, 0.25) is 0 Å². The normalized spacial score (nSPS) is 12.7. The Bertz CT molecular complexity index is 1750. The smallest absolute Gasteiger partial charge is 0.310 e. The molecule has 0 N–H and O–H groups in total. The molecule has 0 aromatic heterocycles.